The minimum Gasteiger partial charge on any atom is -0.353 e. The number of likely N-dealkylation sites (tertiary alicyclic amines) is 1. The molecular formula is C22H28N2O. The molecule has 2 aromatic rings. The van der Waals surface area contributed by atoms with Gasteiger partial charge < -0.3 is 10.2 Å². The predicted octanol–water partition coefficient (Wildman–Crippen LogP) is 3.89. The second-order valence-corrected chi connectivity index (χ2v) is 6.92. The Kier molecular flexibility index (Phi) is 6.24. The van der Waals surface area contributed by atoms with Crippen molar-refractivity contribution in [1.29, 1.82) is 0 Å². The van der Waals surface area contributed by atoms with Gasteiger partial charge >= 0.3 is 0 Å². The first-order chi connectivity index (χ1) is 12.2. The molecule has 1 fully saturated rings. The Bertz CT molecular complexity index is 658. The van der Waals surface area contributed by atoms with Crippen molar-refractivity contribution in [2.75, 3.05) is 19.6 Å². The van der Waals surface area contributed by atoms with Crippen molar-refractivity contribution in [2.24, 2.45) is 0 Å². The molecule has 0 atom stereocenters. The largest absolute Gasteiger partial charge is 0.353 e. The fourth-order valence-corrected chi connectivity index (χ4v) is 3.53. The first kappa shape index (κ1) is 17.7. The molecule has 3 nitrogen and oxygen atoms in total. The first-order valence-electron chi connectivity index (χ1n) is 9.40. The second-order valence-electron chi connectivity index (χ2n) is 6.92. The molecule has 1 heterocycles. The van der Waals surface area contributed by atoms with Gasteiger partial charge in [-0.2, -0.15) is 0 Å². The molecule has 132 valence electrons. The number of benzene rings is 2. The quantitative estimate of drug-likeness (QED) is 0.868. The zero-order valence-corrected chi connectivity index (χ0v) is 15.1. The smallest absolute Gasteiger partial charge is 0.224 e. The van der Waals surface area contributed by atoms with Crippen LogP contribution in [-0.4, -0.2) is 36.5 Å². The number of carbonyl (C=O) groups excluding carboxylic acids is 1. The maximum Gasteiger partial charge on any atom is 0.224 e. The molecule has 0 aromatic heterocycles. The van der Waals surface area contributed by atoms with E-state index in [0.717, 1.165) is 31.5 Å². The number of nitrogens with zero attached hydrogens (tertiary/aromatic N) is 1. The van der Waals surface area contributed by atoms with Crippen molar-refractivity contribution in [3.63, 3.8) is 0 Å². The number of rotatable bonds is 6. The molecule has 2 aromatic carbocycles. The molecule has 1 amide bonds. The zero-order chi connectivity index (χ0) is 17.5. The summed E-state index contributed by atoms with van der Waals surface area (Å²) >= 11 is 0. The summed E-state index contributed by atoms with van der Waals surface area (Å²) in [5, 5.41) is 3.21. The van der Waals surface area contributed by atoms with Crippen molar-refractivity contribution in [2.45, 2.75) is 38.6 Å². The molecular weight excluding hydrogens is 308 g/mol. The standard InChI is InChI=1S/C22H28N2O/c1-2-14-24-15-12-21(13-16-24)23-22(25)17-18-8-10-20(11-9-18)19-6-4-3-5-7-19/h3-11,21H,2,12-17H2,1H3,(H,23,25). The third-order valence-electron chi connectivity index (χ3n) is 4.92. The van der Waals surface area contributed by atoms with Crippen molar-refractivity contribution in [3.8, 4) is 11.1 Å². The van der Waals surface area contributed by atoms with E-state index >= 15 is 0 Å². The van der Waals surface area contributed by atoms with E-state index in [1.807, 2.05) is 18.2 Å². The Labute approximate surface area is 151 Å². The molecule has 3 rings (SSSR count). The van der Waals surface area contributed by atoms with Gasteiger partial charge in [0.15, 0.2) is 0 Å². The number of nitrogens with one attached hydrogen (secondary N) is 1. The van der Waals surface area contributed by atoms with Gasteiger partial charge in [0.25, 0.3) is 0 Å². The van der Waals surface area contributed by atoms with Crippen molar-refractivity contribution < 1.29 is 4.79 Å². The number of amides is 1. The van der Waals surface area contributed by atoms with Gasteiger partial charge in [0.1, 0.15) is 0 Å². The Morgan fingerprint density at radius 2 is 1.64 bits per heavy atom. The van der Waals surface area contributed by atoms with Gasteiger partial charge in [-0.15, -0.1) is 0 Å². The molecule has 1 saturated heterocycles. The van der Waals surface area contributed by atoms with E-state index < -0.39 is 0 Å². The van der Waals surface area contributed by atoms with Gasteiger partial charge in [0.2, 0.25) is 5.91 Å². The summed E-state index contributed by atoms with van der Waals surface area (Å²) < 4.78 is 0. The highest BCUT2D eigenvalue weighted by Crippen LogP contribution is 2.19. The van der Waals surface area contributed by atoms with E-state index in [1.165, 1.54) is 24.1 Å². The van der Waals surface area contributed by atoms with Gasteiger partial charge in [-0.05, 0) is 42.5 Å². The maximum absolute atomic E-state index is 12.3. The lowest BCUT2D eigenvalue weighted by Crippen LogP contribution is -2.45. The van der Waals surface area contributed by atoms with Crippen LogP contribution in [0.15, 0.2) is 54.6 Å². The number of piperidine rings is 1. The van der Waals surface area contributed by atoms with E-state index in [-0.39, 0.29) is 5.91 Å². The first-order valence-corrected chi connectivity index (χ1v) is 9.40. The van der Waals surface area contributed by atoms with Crippen LogP contribution in [0.4, 0.5) is 0 Å². The van der Waals surface area contributed by atoms with Crippen LogP contribution in [0.1, 0.15) is 31.7 Å². The molecule has 0 bridgehead atoms. The van der Waals surface area contributed by atoms with Crippen LogP contribution < -0.4 is 5.32 Å². The van der Waals surface area contributed by atoms with Crippen LogP contribution in [0, 0.1) is 0 Å². The predicted molar refractivity (Wildman–Crippen MR) is 103 cm³/mol. The van der Waals surface area contributed by atoms with Crippen molar-refractivity contribution in [3.05, 3.63) is 60.2 Å². The lowest BCUT2D eigenvalue weighted by Gasteiger charge is -2.32. The fourth-order valence-electron chi connectivity index (χ4n) is 3.53. The topological polar surface area (TPSA) is 32.3 Å². The van der Waals surface area contributed by atoms with Gasteiger partial charge in [0, 0.05) is 19.1 Å². The van der Waals surface area contributed by atoms with E-state index in [4.69, 9.17) is 0 Å². The highest BCUT2D eigenvalue weighted by Gasteiger charge is 2.20. The third-order valence-corrected chi connectivity index (χ3v) is 4.92. The van der Waals surface area contributed by atoms with Gasteiger partial charge in [-0.3, -0.25) is 4.79 Å². The van der Waals surface area contributed by atoms with Gasteiger partial charge in [-0.25, -0.2) is 0 Å². The van der Waals surface area contributed by atoms with E-state index in [0.29, 0.717) is 12.5 Å². The number of hydrogen-bond donors (Lipinski definition) is 1. The minimum atomic E-state index is 0.140. The van der Waals surface area contributed by atoms with Crippen LogP contribution in [0.5, 0.6) is 0 Å². The Morgan fingerprint density at radius 1 is 1.00 bits per heavy atom. The lowest BCUT2D eigenvalue weighted by atomic mass is 10.0. The van der Waals surface area contributed by atoms with Crippen LogP contribution in [0.2, 0.25) is 0 Å². The summed E-state index contributed by atoms with van der Waals surface area (Å²) in [5.74, 6) is 0.140. The van der Waals surface area contributed by atoms with E-state index in [1.54, 1.807) is 0 Å². The zero-order valence-electron chi connectivity index (χ0n) is 15.1. The van der Waals surface area contributed by atoms with Crippen LogP contribution in [-0.2, 0) is 11.2 Å². The molecule has 1 aliphatic rings. The van der Waals surface area contributed by atoms with Crippen LogP contribution >= 0.6 is 0 Å². The highest BCUT2D eigenvalue weighted by molar-refractivity contribution is 5.79. The summed E-state index contributed by atoms with van der Waals surface area (Å²) in [6.45, 7) is 5.60. The summed E-state index contributed by atoms with van der Waals surface area (Å²) in [6, 6.07) is 19.0. The SMILES string of the molecule is CCCN1CCC(NC(=O)Cc2ccc(-c3ccccc3)cc2)CC1. The average Bonchev–Trinajstić information content (AvgIpc) is 2.65. The molecule has 0 spiro atoms. The molecule has 0 saturated carbocycles. The molecule has 1 N–H and O–H groups in total. The van der Waals surface area contributed by atoms with Gasteiger partial charge in [-0.1, -0.05) is 61.5 Å². The Balaban J connectivity index is 1.48. The molecule has 1 aliphatic heterocycles. The fraction of sp³-hybridized carbons (Fsp3) is 0.409. The van der Waals surface area contributed by atoms with Gasteiger partial charge in [0.05, 0.1) is 6.42 Å². The van der Waals surface area contributed by atoms with Crippen LogP contribution in [0.3, 0.4) is 0 Å². The van der Waals surface area contributed by atoms with Crippen molar-refractivity contribution >= 4 is 5.91 Å². The van der Waals surface area contributed by atoms with E-state index in [9.17, 15) is 4.79 Å². The monoisotopic (exact) mass is 336 g/mol. The maximum atomic E-state index is 12.3. The summed E-state index contributed by atoms with van der Waals surface area (Å²) in [5.41, 5.74) is 3.46. The lowest BCUT2D eigenvalue weighted by molar-refractivity contribution is -0.121. The molecule has 25 heavy (non-hydrogen) atoms. The Morgan fingerprint density at radius 3 is 2.28 bits per heavy atom. The minimum absolute atomic E-state index is 0.140. The summed E-state index contributed by atoms with van der Waals surface area (Å²) in [6.07, 6.45) is 3.80. The molecule has 0 radical (unpaired) electrons. The number of hydrogen-bond acceptors (Lipinski definition) is 2. The summed E-state index contributed by atoms with van der Waals surface area (Å²) in [4.78, 5) is 14.8. The normalized spacial score (nSPS) is 15.9. The second kappa shape index (κ2) is 8.82. The molecule has 0 unspecified atom stereocenters. The average molecular weight is 336 g/mol. The van der Waals surface area contributed by atoms with E-state index in [2.05, 4.69) is 53.5 Å². The van der Waals surface area contributed by atoms with Crippen molar-refractivity contribution in [1.82, 2.24) is 10.2 Å². The Hall–Kier alpha value is -2.13. The number of carbonyl (C=O) groups is 1. The van der Waals surface area contributed by atoms with Crippen LogP contribution in [0.25, 0.3) is 11.1 Å². The third kappa shape index (κ3) is 5.17. The highest BCUT2D eigenvalue weighted by atomic mass is 16.1. The summed E-state index contributed by atoms with van der Waals surface area (Å²) in [7, 11) is 0. The molecule has 0 aliphatic carbocycles. The molecule has 3 heteroatoms.